The van der Waals surface area contributed by atoms with Crippen LogP contribution in [0.5, 0.6) is 0 Å². The Hall–Kier alpha value is -4.78. The van der Waals surface area contributed by atoms with Gasteiger partial charge in [0.15, 0.2) is 0 Å². The smallest absolute Gasteiger partial charge is 0.252 e. The average molecular weight is 674 g/mol. The van der Waals surface area contributed by atoms with Gasteiger partial charge in [-0.15, -0.1) is 0 Å². The zero-order valence-electron chi connectivity index (χ0n) is 26.7. The predicted octanol–water partition coefficient (Wildman–Crippen LogP) is 9.51. The van der Waals surface area contributed by atoms with E-state index in [2.05, 4.69) is 10.6 Å². The summed E-state index contributed by atoms with van der Waals surface area (Å²) in [5.41, 5.74) is 7.80. The molecule has 4 aromatic carbocycles. The number of halogens is 2. The van der Waals surface area contributed by atoms with Gasteiger partial charge < -0.3 is 10.6 Å². The largest absolute Gasteiger partial charge is 0.349 e. The fourth-order valence-electron chi connectivity index (χ4n) is 6.87. The molecule has 0 spiro atoms. The van der Waals surface area contributed by atoms with Crippen LogP contribution in [-0.2, 0) is 0 Å². The lowest BCUT2D eigenvalue weighted by Crippen LogP contribution is -2.44. The third-order valence-electron chi connectivity index (χ3n) is 9.36. The van der Waals surface area contributed by atoms with Crippen molar-refractivity contribution in [2.45, 2.75) is 51.6 Å². The number of nitrogens with one attached hydrogen (secondary N) is 2. The first kappa shape index (κ1) is 31.8. The summed E-state index contributed by atoms with van der Waals surface area (Å²) < 4.78 is 0. The summed E-state index contributed by atoms with van der Waals surface area (Å²) in [5.74, 6) is -0.218. The number of benzene rings is 4. The average Bonchev–Trinajstić information content (AvgIpc) is 3.09. The van der Waals surface area contributed by atoms with Crippen molar-refractivity contribution in [3.63, 3.8) is 0 Å². The van der Waals surface area contributed by atoms with E-state index in [1.54, 1.807) is 0 Å². The van der Waals surface area contributed by atoms with Crippen molar-refractivity contribution < 1.29 is 9.59 Å². The molecule has 0 bridgehead atoms. The van der Waals surface area contributed by atoms with Gasteiger partial charge in [-0.2, -0.15) is 0 Å². The van der Waals surface area contributed by atoms with Crippen LogP contribution in [0.1, 0.15) is 57.5 Å². The molecular weight excluding hydrogens is 639 g/mol. The van der Waals surface area contributed by atoms with Crippen LogP contribution in [-0.4, -0.2) is 33.9 Å². The summed E-state index contributed by atoms with van der Waals surface area (Å²) in [4.78, 5) is 37.6. The van der Waals surface area contributed by atoms with Gasteiger partial charge >= 0.3 is 0 Å². The SMILES string of the molecule is Cc1c(-c2ccc(Cl)cc2)nc2ccccc2c1C(=O)NC1CCC(NC(=O)c2c(C)c(-c3ccc(Cl)cc3)nc3ccccc23)CC1. The number of pyridine rings is 2. The zero-order chi connectivity index (χ0) is 33.4. The van der Waals surface area contributed by atoms with E-state index < -0.39 is 0 Å². The van der Waals surface area contributed by atoms with Crippen molar-refractivity contribution in [2.75, 3.05) is 0 Å². The Bertz CT molecular complexity index is 2020. The third-order valence-corrected chi connectivity index (χ3v) is 9.86. The lowest BCUT2D eigenvalue weighted by molar-refractivity contribution is 0.0893. The summed E-state index contributed by atoms with van der Waals surface area (Å²) in [6, 6.07) is 30.5. The molecule has 240 valence electrons. The van der Waals surface area contributed by atoms with Crippen LogP contribution in [0.25, 0.3) is 44.3 Å². The highest BCUT2D eigenvalue weighted by molar-refractivity contribution is 6.31. The number of aromatic nitrogens is 2. The topological polar surface area (TPSA) is 84.0 Å². The van der Waals surface area contributed by atoms with Crippen molar-refractivity contribution in [2.24, 2.45) is 0 Å². The molecule has 8 heteroatoms. The Morgan fingerprint density at radius 1 is 0.562 bits per heavy atom. The van der Waals surface area contributed by atoms with Gasteiger partial charge in [0.05, 0.1) is 33.5 Å². The molecule has 0 radical (unpaired) electrons. The monoisotopic (exact) mass is 672 g/mol. The number of carbonyl (C=O) groups excluding carboxylic acids is 2. The number of fused-ring (bicyclic) bond motifs is 2. The molecule has 48 heavy (non-hydrogen) atoms. The first-order chi connectivity index (χ1) is 23.3. The summed E-state index contributed by atoms with van der Waals surface area (Å²) in [6.07, 6.45) is 3.04. The Balaban J connectivity index is 1.08. The standard InChI is InChI=1S/C40H34Cl2N4O2/c1-23-35(31-7-3-5-9-33(31)45-37(23)25-11-15-27(41)16-12-25)39(47)43-29-19-21-30(22-20-29)44-40(48)36-24(2)38(26-13-17-28(42)18-14-26)46-34-10-6-4-8-32(34)36/h3-18,29-30H,19-22H2,1-2H3,(H,43,47)(H,44,48). The highest BCUT2D eigenvalue weighted by Crippen LogP contribution is 2.33. The normalized spacial score (nSPS) is 16.2. The second-order valence-electron chi connectivity index (χ2n) is 12.5. The fraction of sp³-hybridized carbons (Fsp3) is 0.200. The van der Waals surface area contributed by atoms with Crippen molar-refractivity contribution in [3.05, 3.63) is 129 Å². The summed E-state index contributed by atoms with van der Waals surface area (Å²) in [5, 5.41) is 9.55. The van der Waals surface area contributed by atoms with E-state index in [1.165, 1.54) is 0 Å². The van der Waals surface area contributed by atoms with Gasteiger partial charge in [-0.1, -0.05) is 83.9 Å². The van der Waals surface area contributed by atoms with E-state index in [9.17, 15) is 9.59 Å². The van der Waals surface area contributed by atoms with Gasteiger partial charge in [0.2, 0.25) is 0 Å². The lowest BCUT2D eigenvalue weighted by Gasteiger charge is -2.30. The van der Waals surface area contributed by atoms with Gasteiger partial charge in [-0.25, -0.2) is 9.97 Å². The van der Waals surface area contributed by atoms with Gasteiger partial charge in [-0.3, -0.25) is 9.59 Å². The molecule has 2 amide bonds. The maximum Gasteiger partial charge on any atom is 0.252 e. The van der Waals surface area contributed by atoms with Crippen molar-refractivity contribution in [1.29, 1.82) is 0 Å². The number of carbonyl (C=O) groups is 2. The molecule has 1 aliphatic rings. The van der Waals surface area contributed by atoms with E-state index in [4.69, 9.17) is 33.2 Å². The molecule has 7 rings (SSSR count). The molecule has 6 aromatic rings. The third kappa shape index (κ3) is 6.26. The zero-order valence-corrected chi connectivity index (χ0v) is 28.2. The molecule has 6 nitrogen and oxygen atoms in total. The molecule has 1 fully saturated rings. The first-order valence-electron chi connectivity index (χ1n) is 16.2. The summed E-state index contributed by atoms with van der Waals surface area (Å²) in [7, 11) is 0. The second-order valence-corrected chi connectivity index (χ2v) is 13.3. The van der Waals surface area contributed by atoms with Gasteiger partial charge in [-0.05, 0) is 87.1 Å². The van der Waals surface area contributed by atoms with E-state index in [0.29, 0.717) is 21.2 Å². The van der Waals surface area contributed by atoms with Gasteiger partial charge in [0.25, 0.3) is 11.8 Å². The molecule has 0 saturated heterocycles. The number of para-hydroxylation sites is 2. The number of rotatable bonds is 6. The van der Waals surface area contributed by atoms with Crippen LogP contribution in [0.3, 0.4) is 0 Å². The molecule has 2 N–H and O–H groups in total. The molecule has 0 aliphatic heterocycles. The van der Waals surface area contributed by atoms with Gasteiger partial charge in [0, 0.05) is 44.0 Å². The minimum Gasteiger partial charge on any atom is -0.349 e. The molecule has 2 aromatic heterocycles. The highest BCUT2D eigenvalue weighted by atomic mass is 35.5. The molecule has 1 saturated carbocycles. The maximum atomic E-state index is 13.9. The number of hydrogen-bond donors (Lipinski definition) is 2. The minimum absolute atomic E-state index is 0.00374. The van der Waals surface area contributed by atoms with Crippen LogP contribution in [0, 0.1) is 13.8 Å². The van der Waals surface area contributed by atoms with Crippen molar-refractivity contribution in [1.82, 2.24) is 20.6 Å². The molecule has 1 aliphatic carbocycles. The number of hydrogen-bond acceptors (Lipinski definition) is 4. The minimum atomic E-state index is -0.109. The Labute approximate surface area is 289 Å². The molecule has 0 unspecified atom stereocenters. The second kappa shape index (κ2) is 13.4. The van der Waals surface area contributed by atoms with Crippen molar-refractivity contribution >= 4 is 56.8 Å². The molecule has 2 heterocycles. The Morgan fingerprint density at radius 2 is 0.917 bits per heavy atom. The van der Waals surface area contributed by atoms with Crippen LogP contribution >= 0.6 is 23.2 Å². The number of nitrogens with zero attached hydrogens (tertiary/aromatic N) is 2. The number of amides is 2. The predicted molar refractivity (Wildman–Crippen MR) is 195 cm³/mol. The first-order valence-corrected chi connectivity index (χ1v) is 16.9. The summed E-state index contributed by atoms with van der Waals surface area (Å²) in [6.45, 7) is 3.90. The van der Waals surface area contributed by atoms with Gasteiger partial charge in [0.1, 0.15) is 0 Å². The lowest BCUT2D eigenvalue weighted by atomic mass is 9.89. The Kier molecular flexibility index (Phi) is 8.86. The molecular formula is C40H34Cl2N4O2. The molecule has 0 atom stereocenters. The maximum absolute atomic E-state index is 13.9. The van der Waals surface area contributed by atoms with Crippen LogP contribution < -0.4 is 10.6 Å². The van der Waals surface area contributed by atoms with E-state index in [-0.39, 0.29) is 23.9 Å². The van der Waals surface area contributed by atoms with Crippen LogP contribution in [0.4, 0.5) is 0 Å². The quantitative estimate of drug-likeness (QED) is 0.185. The van der Waals surface area contributed by atoms with E-state index in [0.717, 1.165) is 81.1 Å². The highest BCUT2D eigenvalue weighted by Gasteiger charge is 2.28. The summed E-state index contributed by atoms with van der Waals surface area (Å²) >= 11 is 12.3. The van der Waals surface area contributed by atoms with E-state index >= 15 is 0 Å². The Morgan fingerprint density at radius 3 is 1.29 bits per heavy atom. The van der Waals surface area contributed by atoms with E-state index in [1.807, 2.05) is 111 Å². The van der Waals surface area contributed by atoms with Crippen LogP contribution in [0.2, 0.25) is 10.0 Å². The van der Waals surface area contributed by atoms with Crippen molar-refractivity contribution in [3.8, 4) is 22.5 Å². The fourth-order valence-corrected chi connectivity index (χ4v) is 7.13. The van der Waals surface area contributed by atoms with Crippen LogP contribution in [0.15, 0.2) is 97.1 Å².